The van der Waals surface area contributed by atoms with Gasteiger partial charge in [-0.25, -0.2) is 17.8 Å². The molecule has 2 aromatic rings. The van der Waals surface area contributed by atoms with Crippen molar-refractivity contribution in [3.63, 3.8) is 0 Å². The molecule has 2 fully saturated rings. The largest absolute Gasteiger partial charge is 0.460 e. The first-order valence-corrected chi connectivity index (χ1v) is 18.2. The highest BCUT2D eigenvalue weighted by atomic mass is 32.2. The van der Waals surface area contributed by atoms with E-state index in [0.717, 1.165) is 40.8 Å². The number of anilines is 1. The van der Waals surface area contributed by atoms with Crippen LogP contribution in [0.4, 0.5) is 10.2 Å². The van der Waals surface area contributed by atoms with Crippen molar-refractivity contribution in [2.24, 2.45) is 10.8 Å². The van der Waals surface area contributed by atoms with E-state index in [-0.39, 0.29) is 29.2 Å². The maximum atomic E-state index is 14.1. The number of nitrogens with zero attached hydrogens (tertiary/aromatic N) is 2. The van der Waals surface area contributed by atoms with Crippen molar-refractivity contribution in [1.82, 2.24) is 4.98 Å². The molecule has 10 heteroatoms. The normalized spacial score (nSPS) is 22.7. The van der Waals surface area contributed by atoms with Gasteiger partial charge in [-0.05, 0) is 108 Å². The first kappa shape index (κ1) is 34.5. The van der Waals surface area contributed by atoms with Crippen LogP contribution in [-0.4, -0.2) is 54.8 Å². The van der Waals surface area contributed by atoms with Gasteiger partial charge in [0.2, 0.25) is 10.0 Å². The van der Waals surface area contributed by atoms with Crippen molar-refractivity contribution in [3.05, 3.63) is 53.0 Å². The van der Waals surface area contributed by atoms with Gasteiger partial charge in [0.25, 0.3) is 0 Å². The number of sulfonamides is 1. The summed E-state index contributed by atoms with van der Waals surface area (Å²) in [6.45, 7) is 13.3. The minimum atomic E-state index is -3.57. The van der Waals surface area contributed by atoms with E-state index in [1.807, 2.05) is 34.6 Å². The van der Waals surface area contributed by atoms with E-state index in [4.69, 9.17) is 14.5 Å². The molecule has 5 rings (SSSR count). The second-order valence-corrected chi connectivity index (χ2v) is 17.4. The Kier molecular flexibility index (Phi) is 9.01. The van der Waals surface area contributed by atoms with Crippen molar-refractivity contribution in [2.75, 3.05) is 17.1 Å². The number of hydrogen-bond acceptors (Lipinski definition) is 7. The summed E-state index contributed by atoms with van der Waals surface area (Å²) in [5.74, 6) is -1.50. The molecule has 1 N–H and O–H groups in total. The Bertz CT molecular complexity index is 1620. The van der Waals surface area contributed by atoms with Crippen LogP contribution in [0.1, 0.15) is 110 Å². The van der Waals surface area contributed by atoms with E-state index < -0.39 is 26.8 Å². The average molecular weight is 657 g/mol. The summed E-state index contributed by atoms with van der Waals surface area (Å²) in [5, 5.41) is 10.6. The number of halogens is 1. The van der Waals surface area contributed by atoms with Crippen LogP contribution < -0.4 is 4.31 Å². The fraction of sp³-hybridized carbons (Fsp3) is 0.611. The number of carbonyl (C=O) groups is 1. The number of esters is 1. The Labute approximate surface area is 273 Å². The van der Waals surface area contributed by atoms with E-state index in [9.17, 15) is 22.7 Å². The number of fused-ring (bicyclic) bond motifs is 1. The molecule has 0 amide bonds. The zero-order valence-corrected chi connectivity index (χ0v) is 29.3. The van der Waals surface area contributed by atoms with Gasteiger partial charge >= 0.3 is 5.97 Å². The summed E-state index contributed by atoms with van der Waals surface area (Å²) >= 11 is 0. The molecule has 0 radical (unpaired) electrons. The van der Waals surface area contributed by atoms with E-state index in [0.29, 0.717) is 44.5 Å². The summed E-state index contributed by atoms with van der Waals surface area (Å²) in [6.07, 6.45) is 10.00. The van der Waals surface area contributed by atoms with E-state index >= 15 is 0 Å². The summed E-state index contributed by atoms with van der Waals surface area (Å²) in [7, 11) is -3.57. The Morgan fingerprint density at radius 2 is 1.83 bits per heavy atom. The van der Waals surface area contributed by atoms with Gasteiger partial charge in [0.05, 0.1) is 24.5 Å². The molecular formula is C36H49FN2O6S. The molecule has 2 heterocycles. The van der Waals surface area contributed by atoms with Gasteiger partial charge in [0, 0.05) is 23.1 Å². The Morgan fingerprint density at radius 1 is 1.17 bits per heavy atom. The molecule has 46 heavy (non-hydrogen) atoms. The number of aliphatic hydroxyl groups is 1. The number of rotatable bonds is 11. The predicted octanol–water partition coefficient (Wildman–Crippen LogP) is 7.14. The topological polar surface area (TPSA) is 106 Å². The van der Waals surface area contributed by atoms with Crippen LogP contribution in [0.25, 0.3) is 17.2 Å². The maximum Gasteiger partial charge on any atom is 0.306 e. The lowest BCUT2D eigenvalue weighted by Crippen LogP contribution is -2.36. The second-order valence-electron chi connectivity index (χ2n) is 15.5. The summed E-state index contributed by atoms with van der Waals surface area (Å²) in [6, 6.07) is 6.31. The lowest BCUT2D eigenvalue weighted by Gasteiger charge is -2.32. The number of aromatic nitrogens is 1. The first-order valence-electron chi connectivity index (χ1n) is 16.3. The third-order valence-corrected chi connectivity index (χ3v) is 10.3. The molecule has 8 nitrogen and oxygen atoms in total. The highest BCUT2D eigenvalue weighted by Gasteiger charge is 2.61. The number of ether oxygens (including phenoxy) is 2. The zero-order chi connectivity index (χ0) is 33.9. The number of benzene rings is 1. The second kappa shape index (κ2) is 12.0. The van der Waals surface area contributed by atoms with Gasteiger partial charge in [-0.1, -0.05) is 38.1 Å². The lowest BCUT2D eigenvalue weighted by atomic mass is 9.84. The summed E-state index contributed by atoms with van der Waals surface area (Å²) in [5.41, 5.74) is 2.88. The average Bonchev–Trinajstić information content (AvgIpc) is 3.81. The zero-order valence-electron chi connectivity index (χ0n) is 28.4. The molecule has 2 atom stereocenters. The molecule has 0 spiro atoms. The highest BCUT2D eigenvalue weighted by molar-refractivity contribution is 7.92. The van der Waals surface area contributed by atoms with Crippen molar-refractivity contribution in [2.45, 2.75) is 117 Å². The van der Waals surface area contributed by atoms with Gasteiger partial charge in [-0.2, -0.15) is 0 Å². The monoisotopic (exact) mass is 656 g/mol. The molecule has 1 aliphatic heterocycles. The van der Waals surface area contributed by atoms with Crippen LogP contribution in [-0.2, 0) is 30.7 Å². The molecule has 2 aliphatic carbocycles. The molecule has 1 aromatic carbocycles. The van der Waals surface area contributed by atoms with Gasteiger partial charge in [-0.3, -0.25) is 9.10 Å². The molecule has 2 unspecified atom stereocenters. The van der Waals surface area contributed by atoms with Crippen molar-refractivity contribution in [1.29, 1.82) is 0 Å². The number of pyridine rings is 1. The van der Waals surface area contributed by atoms with Gasteiger partial charge in [0.1, 0.15) is 17.2 Å². The van der Waals surface area contributed by atoms with Crippen molar-refractivity contribution < 1.29 is 32.2 Å². The maximum absolute atomic E-state index is 14.1. The predicted molar refractivity (Wildman–Crippen MR) is 178 cm³/mol. The number of hydrogen-bond donors (Lipinski definition) is 1. The third kappa shape index (κ3) is 7.82. The Hall–Kier alpha value is -2.82. The molecule has 252 valence electrons. The Balaban J connectivity index is 1.62. The van der Waals surface area contributed by atoms with Crippen LogP contribution in [0, 0.1) is 16.6 Å². The smallest absolute Gasteiger partial charge is 0.306 e. The fourth-order valence-electron chi connectivity index (χ4n) is 6.91. The third-order valence-electron chi connectivity index (χ3n) is 9.11. The first-order chi connectivity index (χ1) is 21.2. The van der Waals surface area contributed by atoms with Crippen molar-refractivity contribution in [3.8, 4) is 11.1 Å². The van der Waals surface area contributed by atoms with E-state index in [1.54, 1.807) is 26.0 Å². The lowest BCUT2D eigenvalue weighted by molar-refractivity contribution is -0.189. The summed E-state index contributed by atoms with van der Waals surface area (Å²) in [4.78, 5) is 17.9. The van der Waals surface area contributed by atoms with Gasteiger partial charge < -0.3 is 14.6 Å². The quantitative estimate of drug-likeness (QED) is 0.202. The SMILES string of the molecule is CC(C)c1nc2c(c(-c3ccc(F)cc3)c1/C=C/C1(CC3(CC(=O)OC(C)(C)C)CC3)CC1OC(C)(C)O)CCCN2S(C)(=O)=O. The minimum Gasteiger partial charge on any atom is -0.460 e. The van der Waals surface area contributed by atoms with E-state index in [1.165, 1.54) is 22.7 Å². The molecule has 2 saturated carbocycles. The van der Waals surface area contributed by atoms with Crippen LogP contribution in [0.3, 0.4) is 0 Å². The molecule has 3 aliphatic rings. The Morgan fingerprint density at radius 3 is 2.37 bits per heavy atom. The number of carbonyl (C=O) groups excluding carboxylic acids is 1. The molecular weight excluding hydrogens is 607 g/mol. The molecule has 0 bridgehead atoms. The highest BCUT2D eigenvalue weighted by Crippen LogP contribution is 2.65. The summed E-state index contributed by atoms with van der Waals surface area (Å²) < 4.78 is 53.0. The van der Waals surface area contributed by atoms with Crippen LogP contribution in [0.15, 0.2) is 30.3 Å². The standard InChI is InChI=1S/C36H49FN2O6S/c1-23(2)31-26(30(24-11-13-25(37)14-12-24)27-10-9-19-39(32(27)38-31)46(8,42)43)15-16-36(20-28(36)44-34(6,7)41)22-35(17-18-35)21-29(40)45-33(3,4)5/h11-16,23,28,41H,9-10,17-22H2,1-8H3/b16-15+. The van der Waals surface area contributed by atoms with Crippen molar-refractivity contribution >= 4 is 27.9 Å². The van der Waals surface area contributed by atoms with Gasteiger partial charge in [-0.15, -0.1) is 0 Å². The van der Waals surface area contributed by atoms with Gasteiger partial charge in [0.15, 0.2) is 5.79 Å². The molecule has 0 saturated heterocycles. The minimum absolute atomic E-state index is 0.0481. The molecule has 1 aromatic heterocycles. The van der Waals surface area contributed by atoms with Crippen LogP contribution in [0.2, 0.25) is 0 Å². The fourth-order valence-corrected chi connectivity index (χ4v) is 7.83. The van der Waals surface area contributed by atoms with E-state index in [2.05, 4.69) is 12.2 Å². The van der Waals surface area contributed by atoms with Crippen LogP contribution in [0.5, 0.6) is 0 Å². The van der Waals surface area contributed by atoms with Crippen LogP contribution >= 0.6 is 0 Å².